The van der Waals surface area contributed by atoms with Gasteiger partial charge in [0, 0.05) is 12.6 Å². The highest BCUT2D eigenvalue weighted by Gasteiger charge is 2.37. The number of hydrogen-bond donors (Lipinski definition) is 0. The lowest BCUT2D eigenvalue weighted by Crippen LogP contribution is -2.36. The summed E-state index contributed by atoms with van der Waals surface area (Å²) in [4.78, 5) is 14.3. The number of benzene rings is 2. The maximum atomic E-state index is 13.3. The Morgan fingerprint density at radius 3 is 2.35 bits per heavy atom. The summed E-state index contributed by atoms with van der Waals surface area (Å²) >= 11 is 3.88. The number of rotatable bonds is 7. The van der Waals surface area contributed by atoms with Crippen molar-refractivity contribution in [2.24, 2.45) is 0 Å². The molecule has 2 fully saturated rings. The molecule has 31 heavy (non-hydrogen) atoms. The number of alkyl halides is 3. The zero-order valence-electron chi connectivity index (χ0n) is 16.9. The number of carbonyl (C=O) groups excluding carboxylic acids is 1. The van der Waals surface area contributed by atoms with E-state index in [0.29, 0.717) is 10.3 Å². The second-order valence-electron chi connectivity index (χ2n) is 7.69. The maximum absolute atomic E-state index is 13.3. The Kier molecular flexibility index (Phi) is 7.06. The van der Waals surface area contributed by atoms with Crippen LogP contribution in [-0.2, 0) is 17.5 Å². The molecule has 0 bridgehead atoms. The highest BCUT2D eigenvalue weighted by molar-refractivity contribution is 8.16. The summed E-state index contributed by atoms with van der Waals surface area (Å²) in [7, 11) is 0. The molecule has 0 unspecified atom stereocenters. The van der Waals surface area contributed by atoms with Gasteiger partial charge in [-0.1, -0.05) is 30.3 Å². The maximum Gasteiger partial charge on any atom is 0.416 e. The van der Waals surface area contributed by atoms with E-state index in [1.165, 1.54) is 40.5 Å². The first-order valence-electron chi connectivity index (χ1n) is 10.3. The first-order valence-corrected chi connectivity index (χ1v) is 12.4. The van der Waals surface area contributed by atoms with Crippen LogP contribution in [-0.4, -0.2) is 35.0 Å². The molecule has 2 aromatic carbocycles. The minimum Gasteiger partial charge on any atom is -0.484 e. The molecular weight excluding hydrogens is 443 g/mol. The average Bonchev–Trinajstić information content (AvgIpc) is 3.62. The van der Waals surface area contributed by atoms with Gasteiger partial charge in [-0.15, -0.1) is 23.5 Å². The Balaban J connectivity index is 1.38. The van der Waals surface area contributed by atoms with Crippen molar-refractivity contribution in [3.63, 3.8) is 0 Å². The Bertz CT molecular complexity index is 894. The van der Waals surface area contributed by atoms with E-state index in [1.54, 1.807) is 6.07 Å². The Morgan fingerprint density at radius 2 is 1.71 bits per heavy atom. The van der Waals surface area contributed by atoms with Crippen LogP contribution in [0.5, 0.6) is 5.75 Å². The van der Waals surface area contributed by atoms with Gasteiger partial charge in [-0.2, -0.15) is 13.2 Å². The van der Waals surface area contributed by atoms with E-state index in [0.717, 1.165) is 18.9 Å². The molecule has 2 aromatic rings. The number of nitrogens with zero attached hydrogens (tertiary/aromatic N) is 1. The third-order valence-corrected chi connectivity index (χ3v) is 8.33. The van der Waals surface area contributed by atoms with Gasteiger partial charge in [0.2, 0.25) is 0 Å². The molecule has 1 heterocycles. The largest absolute Gasteiger partial charge is 0.484 e. The molecule has 0 N–H and O–H groups in total. The summed E-state index contributed by atoms with van der Waals surface area (Å²) in [6.07, 6.45) is -1.58. The van der Waals surface area contributed by atoms with E-state index in [-0.39, 0.29) is 30.7 Å². The zero-order valence-corrected chi connectivity index (χ0v) is 18.6. The van der Waals surface area contributed by atoms with Crippen LogP contribution in [0.1, 0.15) is 40.5 Å². The molecule has 4 rings (SSSR count). The second-order valence-corrected chi connectivity index (χ2v) is 10.4. The van der Waals surface area contributed by atoms with Crippen LogP contribution in [0.3, 0.4) is 0 Å². The van der Waals surface area contributed by atoms with Crippen molar-refractivity contribution in [3.8, 4) is 5.75 Å². The molecule has 1 amide bonds. The van der Waals surface area contributed by atoms with Crippen LogP contribution >= 0.6 is 23.5 Å². The minimum atomic E-state index is -4.44. The molecule has 166 valence electrons. The minimum absolute atomic E-state index is 0.0138. The fraction of sp³-hybridized carbons (Fsp3) is 0.435. The molecule has 8 heteroatoms. The summed E-state index contributed by atoms with van der Waals surface area (Å²) < 4.78 is 46.1. The van der Waals surface area contributed by atoms with Gasteiger partial charge in [-0.3, -0.25) is 4.79 Å². The van der Waals surface area contributed by atoms with Gasteiger partial charge >= 0.3 is 6.18 Å². The molecule has 0 radical (unpaired) electrons. The second kappa shape index (κ2) is 9.77. The summed E-state index contributed by atoms with van der Waals surface area (Å²) in [6, 6.07) is 13.2. The first-order chi connectivity index (χ1) is 14.9. The topological polar surface area (TPSA) is 29.5 Å². The van der Waals surface area contributed by atoms with Crippen molar-refractivity contribution in [2.45, 2.75) is 42.6 Å². The van der Waals surface area contributed by atoms with Crippen LogP contribution in [0.2, 0.25) is 0 Å². The number of halogens is 3. The van der Waals surface area contributed by atoms with E-state index in [1.807, 2.05) is 47.8 Å². The molecule has 1 aliphatic heterocycles. The summed E-state index contributed by atoms with van der Waals surface area (Å²) in [5.41, 5.74) is 0.655. The Hall–Kier alpha value is -1.80. The molecule has 0 aromatic heterocycles. The Morgan fingerprint density at radius 1 is 1.03 bits per heavy atom. The van der Waals surface area contributed by atoms with E-state index < -0.39 is 11.7 Å². The smallest absolute Gasteiger partial charge is 0.416 e. The normalized spacial score (nSPS) is 17.4. The molecule has 1 saturated carbocycles. The number of carbonyl (C=O) groups is 1. The predicted octanol–water partition coefficient (Wildman–Crippen LogP) is 6.14. The fourth-order valence-electron chi connectivity index (χ4n) is 3.55. The van der Waals surface area contributed by atoms with Gasteiger partial charge in [0.05, 0.1) is 10.1 Å². The number of thioether (sulfide) groups is 2. The summed E-state index contributed by atoms with van der Waals surface area (Å²) in [6.45, 7) is -0.242. The number of hydrogen-bond acceptors (Lipinski definition) is 4. The van der Waals surface area contributed by atoms with Crippen molar-refractivity contribution >= 4 is 29.4 Å². The van der Waals surface area contributed by atoms with Crippen molar-refractivity contribution in [2.75, 3.05) is 18.1 Å². The van der Waals surface area contributed by atoms with Gasteiger partial charge in [-0.05, 0) is 60.1 Å². The van der Waals surface area contributed by atoms with E-state index in [9.17, 15) is 18.0 Å². The molecule has 1 aliphatic carbocycles. The average molecular weight is 468 g/mol. The lowest BCUT2D eigenvalue weighted by atomic mass is 10.1. The van der Waals surface area contributed by atoms with Crippen molar-refractivity contribution < 1.29 is 22.7 Å². The molecule has 1 saturated heterocycles. The molecule has 0 spiro atoms. The van der Waals surface area contributed by atoms with Gasteiger partial charge in [0.1, 0.15) is 5.75 Å². The van der Waals surface area contributed by atoms with Gasteiger partial charge in [0.25, 0.3) is 5.91 Å². The summed E-state index contributed by atoms with van der Waals surface area (Å²) in [5.74, 6) is 2.63. The number of ether oxygens (including phenoxy) is 1. The predicted molar refractivity (Wildman–Crippen MR) is 119 cm³/mol. The third-order valence-electron chi connectivity index (χ3n) is 5.31. The quantitative estimate of drug-likeness (QED) is 0.489. The van der Waals surface area contributed by atoms with E-state index in [4.69, 9.17) is 4.74 Å². The van der Waals surface area contributed by atoms with Crippen LogP contribution < -0.4 is 4.74 Å². The van der Waals surface area contributed by atoms with Crippen LogP contribution in [0, 0.1) is 0 Å². The molecule has 0 atom stereocenters. The Labute approximate surface area is 188 Å². The standard InChI is InChI=1S/C23H24F3NO2S2/c24-23(25,26)20-5-2-1-4-17(20)14-27(18-8-9-18)21(28)15-29-19-10-6-16(7-11-19)22-30-12-3-13-31-22/h1-2,4-7,10-11,18,22H,3,8-9,12-15H2. The van der Waals surface area contributed by atoms with Gasteiger partial charge in [-0.25, -0.2) is 0 Å². The fourth-order valence-corrected chi connectivity index (χ4v) is 6.45. The van der Waals surface area contributed by atoms with Crippen molar-refractivity contribution in [3.05, 3.63) is 65.2 Å². The SMILES string of the molecule is O=C(COc1ccc(C2SCCCS2)cc1)N(Cc1ccccc1C(F)(F)F)C1CC1. The lowest BCUT2D eigenvalue weighted by Gasteiger charge is -2.24. The van der Waals surface area contributed by atoms with Crippen molar-refractivity contribution in [1.29, 1.82) is 0 Å². The lowest BCUT2D eigenvalue weighted by molar-refractivity contribution is -0.140. The highest BCUT2D eigenvalue weighted by atomic mass is 32.2. The third kappa shape index (κ3) is 5.92. The van der Waals surface area contributed by atoms with Gasteiger partial charge < -0.3 is 9.64 Å². The van der Waals surface area contributed by atoms with Crippen molar-refractivity contribution in [1.82, 2.24) is 4.90 Å². The van der Waals surface area contributed by atoms with E-state index >= 15 is 0 Å². The zero-order chi connectivity index (χ0) is 21.8. The van der Waals surface area contributed by atoms with E-state index in [2.05, 4.69) is 0 Å². The monoisotopic (exact) mass is 467 g/mol. The van der Waals surface area contributed by atoms with Crippen LogP contribution in [0.4, 0.5) is 13.2 Å². The van der Waals surface area contributed by atoms with Crippen LogP contribution in [0.15, 0.2) is 48.5 Å². The number of amides is 1. The highest BCUT2D eigenvalue weighted by Crippen LogP contribution is 2.43. The summed E-state index contributed by atoms with van der Waals surface area (Å²) in [5, 5.41) is 0. The van der Waals surface area contributed by atoms with Crippen LogP contribution in [0.25, 0.3) is 0 Å². The molecular formula is C23H24F3NO2S2. The first kappa shape index (κ1) is 22.4. The van der Waals surface area contributed by atoms with Gasteiger partial charge in [0.15, 0.2) is 6.61 Å². The molecule has 2 aliphatic rings. The molecule has 3 nitrogen and oxygen atoms in total.